The molecule has 8 heteroatoms. The zero-order valence-electron chi connectivity index (χ0n) is 20.0. The van der Waals surface area contributed by atoms with Crippen LogP contribution in [0.5, 0.6) is 0 Å². The first-order valence-electron chi connectivity index (χ1n) is 12.0. The maximum absolute atomic E-state index is 13.4. The molecule has 5 rings (SSSR count). The van der Waals surface area contributed by atoms with Gasteiger partial charge in [0.05, 0.1) is 16.9 Å². The molecule has 1 aromatic heterocycles. The van der Waals surface area contributed by atoms with Crippen LogP contribution in [-0.2, 0) is 16.0 Å². The van der Waals surface area contributed by atoms with Crippen molar-refractivity contribution in [1.29, 1.82) is 0 Å². The largest absolute Gasteiger partial charge is 0.344 e. The van der Waals surface area contributed by atoms with E-state index in [0.29, 0.717) is 30.6 Å². The lowest BCUT2D eigenvalue weighted by Gasteiger charge is -2.48. The topological polar surface area (TPSA) is 89.6 Å². The molecule has 1 N–H and O–H groups in total. The van der Waals surface area contributed by atoms with E-state index in [-0.39, 0.29) is 24.3 Å². The molecule has 2 aliphatic rings. The van der Waals surface area contributed by atoms with Crippen molar-refractivity contribution in [3.63, 3.8) is 0 Å². The first-order chi connectivity index (χ1) is 16.9. The summed E-state index contributed by atoms with van der Waals surface area (Å²) in [5, 5.41) is 7.46. The molecule has 1 unspecified atom stereocenters. The summed E-state index contributed by atoms with van der Waals surface area (Å²) in [7, 11) is 1.76. The van der Waals surface area contributed by atoms with Crippen LogP contribution in [0.15, 0.2) is 60.7 Å². The molecule has 35 heavy (non-hydrogen) atoms. The number of amides is 3. The third-order valence-electron chi connectivity index (χ3n) is 7.10. The van der Waals surface area contributed by atoms with Crippen molar-refractivity contribution in [2.45, 2.75) is 38.3 Å². The van der Waals surface area contributed by atoms with Crippen molar-refractivity contribution in [2.75, 3.05) is 25.0 Å². The number of anilines is 1. The van der Waals surface area contributed by atoms with Gasteiger partial charge in [-0.1, -0.05) is 42.5 Å². The third kappa shape index (κ3) is 4.09. The average molecular weight is 472 g/mol. The zero-order chi connectivity index (χ0) is 24.6. The number of nitrogens with zero attached hydrogens (tertiary/aromatic N) is 4. The Morgan fingerprint density at radius 2 is 1.86 bits per heavy atom. The van der Waals surface area contributed by atoms with Crippen LogP contribution in [0.1, 0.15) is 42.2 Å². The summed E-state index contributed by atoms with van der Waals surface area (Å²) in [4.78, 5) is 44.1. The van der Waals surface area contributed by atoms with Crippen molar-refractivity contribution in [3.8, 4) is 11.3 Å². The highest BCUT2D eigenvalue weighted by atomic mass is 16.2. The fourth-order valence-electron chi connectivity index (χ4n) is 5.08. The Kier molecular flexibility index (Phi) is 5.88. The number of aromatic amines is 1. The van der Waals surface area contributed by atoms with E-state index in [9.17, 15) is 14.4 Å². The van der Waals surface area contributed by atoms with Gasteiger partial charge in [0.15, 0.2) is 0 Å². The number of rotatable bonds is 7. The van der Waals surface area contributed by atoms with Gasteiger partial charge in [-0.25, -0.2) is 0 Å². The van der Waals surface area contributed by atoms with Gasteiger partial charge in [0.2, 0.25) is 11.8 Å². The Bertz CT molecular complexity index is 1270. The van der Waals surface area contributed by atoms with Gasteiger partial charge < -0.3 is 9.80 Å². The highest BCUT2D eigenvalue weighted by Gasteiger charge is 2.53. The van der Waals surface area contributed by atoms with Gasteiger partial charge in [-0.3, -0.25) is 24.4 Å². The summed E-state index contributed by atoms with van der Waals surface area (Å²) < 4.78 is 0. The molecule has 3 amide bonds. The summed E-state index contributed by atoms with van der Waals surface area (Å²) in [5.41, 5.74) is 3.24. The molecule has 0 saturated carbocycles. The normalized spacial score (nSPS) is 19.0. The van der Waals surface area contributed by atoms with E-state index in [1.165, 1.54) is 0 Å². The number of aryl methyl sites for hydroxylation is 1. The zero-order valence-corrected chi connectivity index (χ0v) is 20.0. The van der Waals surface area contributed by atoms with Gasteiger partial charge in [-0.2, -0.15) is 5.10 Å². The summed E-state index contributed by atoms with van der Waals surface area (Å²) in [6.07, 6.45) is 2.38. The van der Waals surface area contributed by atoms with Crippen LogP contribution in [0.4, 0.5) is 5.69 Å². The first kappa shape index (κ1) is 22.8. The molecule has 0 bridgehead atoms. The van der Waals surface area contributed by atoms with Gasteiger partial charge in [-0.15, -0.1) is 0 Å². The van der Waals surface area contributed by atoms with Crippen LogP contribution in [0.2, 0.25) is 0 Å². The van der Waals surface area contributed by atoms with Gasteiger partial charge in [0.1, 0.15) is 12.2 Å². The fraction of sp³-hybridized carbons (Fsp3) is 0.333. The molecule has 1 saturated heterocycles. The number of carbonyl (C=O) groups excluding carboxylic acids is 3. The van der Waals surface area contributed by atoms with E-state index in [0.717, 1.165) is 29.8 Å². The molecular weight excluding hydrogens is 442 g/mol. The third-order valence-corrected chi connectivity index (χ3v) is 7.10. The lowest BCUT2D eigenvalue weighted by molar-refractivity contribution is -0.132. The van der Waals surface area contributed by atoms with E-state index in [1.807, 2.05) is 49.4 Å². The van der Waals surface area contributed by atoms with Crippen molar-refractivity contribution >= 4 is 23.4 Å². The molecule has 3 aromatic rings. The van der Waals surface area contributed by atoms with E-state index >= 15 is 0 Å². The smallest absolute Gasteiger partial charge is 0.258 e. The van der Waals surface area contributed by atoms with Crippen molar-refractivity contribution in [3.05, 3.63) is 71.9 Å². The second-order valence-corrected chi connectivity index (χ2v) is 9.42. The number of H-pyrrole nitrogens is 1. The van der Waals surface area contributed by atoms with Crippen molar-refractivity contribution in [1.82, 2.24) is 20.0 Å². The van der Waals surface area contributed by atoms with Crippen LogP contribution in [0.3, 0.4) is 0 Å². The number of aromatic nitrogens is 2. The number of likely N-dealkylation sites (N-methyl/N-ethyl adjacent to an activating group) is 1. The Hall–Kier alpha value is -3.94. The molecule has 180 valence electrons. The molecular formula is C27H29N5O3. The monoisotopic (exact) mass is 471 g/mol. The lowest BCUT2D eigenvalue weighted by Crippen LogP contribution is -2.63. The molecule has 0 radical (unpaired) electrons. The molecule has 8 nitrogen and oxygen atoms in total. The number of fused-ring (bicyclic) bond motifs is 3. The standard InChI is InChI=1S/C27H29N5O3/c1-27-15-14-24(33)32(27)23-13-7-6-12-21(23)26(35)31(27)18-25(34)30(2)16-8-11-20-17-22(29-28-20)19-9-4-3-5-10-19/h3-7,9-10,12-13,17H,8,11,14-16,18H2,1-2H3,(H,28,29). The van der Waals surface area contributed by atoms with Gasteiger partial charge in [0.25, 0.3) is 5.91 Å². The Morgan fingerprint density at radius 3 is 2.66 bits per heavy atom. The van der Waals surface area contributed by atoms with Crippen LogP contribution < -0.4 is 4.90 Å². The van der Waals surface area contributed by atoms with Crippen molar-refractivity contribution in [2.24, 2.45) is 0 Å². The van der Waals surface area contributed by atoms with Crippen LogP contribution in [0, 0.1) is 0 Å². The molecule has 1 atom stereocenters. The Labute approximate surface area is 204 Å². The number of hydrogen-bond donors (Lipinski definition) is 1. The van der Waals surface area contributed by atoms with Crippen molar-refractivity contribution < 1.29 is 14.4 Å². The second kappa shape index (κ2) is 9.02. The maximum atomic E-state index is 13.4. The second-order valence-electron chi connectivity index (χ2n) is 9.42. The van der Waals surface area contributed by atoms with E-state index in [4.69, 9.17) is 0 Å². The number of hydrogen-bond acceptors (Lipinski definition) is 4. The highest BCUT2D eigenvalue weighted by molar-refractivity contribution is 6.11. The van der Waals surface area contributed by atoms with Crippen LogP contribution in [-0.4, -0.2) is 63.5 Å². The SMILES string of the molecule is CN(CCCc1cc(-c2ccccc2)n[nH]1)C(=O)CN1C(=O)c2ccccc2N2C(=O)CCC12C. The molecule has 0 aliphatic carbocycles. The van der Waals surface area contributed by atoms with E-state index in [2.05, 4.69) is 10.2 Å². The lowest BCUT2D eigenvalue weighted by atomic mass is 9.98. The van der Waals surface area contributed by atoms with E-state index < -0.39 is 5.66 Å². The summed E-state index contributed by atoms with van der Waals surface area (Å²) in [6, 6.07) is 19.2. The van der Waals surface area contributed by atoms with Gasteiger partial charge in [-0.05, 0) is 44.4 Å². The maximum Gasteiger partial charge on any atom is 0.258 e. The Balaban J connectivity index is 1.22. The minimum absolute atomic E-state index is 0.0207. The quantitative estimate of drug-likeness (QED) is 0.571. The molecule has 2 aromatic carbocycles. The Morgan fingerprint density at radius 1 is 1.11 bits per heavy atom. The predicted molar refractivity (Wildman–Crippen MR) is 133 cm³/mol. The molecule has 2 aliphatic heterocycles. The van der Waals surface area contributed by atoms with Crippen LogP contribution >= 0.6 is 0 Å². The minimum Gasteiger partial charge on any atom is -0.344 e. The van der Waals surface area contributed by atoms with Gasteiger partial charge >= 0.3 is 0 Å². The summed E-state index contributed by atoms with van der Waals surface area (Å²) >= 11 is 0. The van der Waals surface area contributed by atoms with Gasteiger partial charge in [0, 0.05) is 31.3 Å². The number of benzene rings is 2. The number of nitrogens with one attached hydrogen (secondary N) is 1. The number of carbonyl (C=O) groups is 3. The fourth-order valence-corrected chi connectivity index (χ4v) is 5.08. The first-order valence-corrected chi connectivity index (χ1v) is 12.0. The number of para-hydroxylation sites is 1. The minimum atomic E-state index is -0.831. The highest BCUT2D eigenvalue weighted by Crippen LogP contribution is 2.43. The van der Waals surface area contributed by atoms with E-state index in [1.54, 1.807) is 39.9 Å². The summed E-state index contributed by atoms with van der Waals surface area (Å²) in [5.74, 6) is -0.373. The summed E-state index contributed by atoms with van der Waals surface area (Å²) in [6.45, 7) is 2.37. The molecule has 3 heterocycles. The van der Waals surface area contributed by atoms with Crippen LogP contribution in [0.25, 0.3) is 11.3 Å². The predicted octanol–water partition coefficient (Wildman–Crippen LogP) is 3.47. The molecule has 0 spiro atoms. The molecule has 1 fully saturated rings. The average Bonchev–Trinajstić information content (AvgIpc) is 3.47.